The van der Waals surface area contributed by atoms with Gasteiger partial charge in [0.1, 0.15) is 0 Å². The highest BCUT2D eigenvalue weighted by atomic mass is 32.2. The molecule has 0 bridgehead atoms. The molecule has 0 atom stereocenters. The van der Waals surface area contributed by atoms with Gasteiger partial charge < -0.3 is 10.2 Å². The second-order valence-corrected chi connectivity index (χ2v) is 6.90. The Labute approximate surface area is 103 Å². The molecule has 0 aliphatic rings. The fourth-order valence-electron chi connectivity index (χ4n) is 1.27. The Balaban J connectivity index is 3.06. The Hall–Kier alpha value is 0.320. The predicted octanol–water partition coefficient (Wildman–Crippen LogP) is 2.96. The molecule has 1 rings (SSSR count). The Bertz CT molecular complexity index is 281. The summed E-state index contributed by atoms with van der Waals surface area (Å²) >= 11 is 5.16. The maximum absolute atomic E-state index is 9.31. The summed E-state index contributed by atoms with van der Waals surface area (Å²) in [7, 11) is 0. The van der Waals surface area contributed by atoms with Crippen LogP contribution in [0.15, 0.2) is 8.42 Å². The minimum absolute atomic E-state index is 0.0268. The van der Waals surface area contributed by atoms with Gasteiger partial charge in [0.25, 0.3) is 0 Å². The third-order valence-corrected chi connectivity index (χ3v) is 5.57. The van der Waals surface area contributed by atoms with Crippen molar-refractivity contribution in [3.05, 3.63) is 11.1 Å². The third kappa shape index (κ3) is 3.14. The van der Waals surface area contributed by atoms with E-state index in [1.807, 2.05) is 0 Å². The van der Waals surface area contributed by atoms with Crippen molar-refractivity contribution in [1.82, 2.24) is 0 Å². The maximum Gasteiger partial charge on any atom is 0.0705 e. The molecule has 86 valence electrons. The first kappa shape index (κ1) is 13.4. The van der Waals surface area contributed by atoms with Crippen LogP contribution in [0.5, 0.6) is 0 Å². The number of aliphatic hydroxyl groups excluding tert-OH is 2. The Morgan fingerprint density at radius 2 is 1.33 bits per heavy atom. The predicted molar refractivity (Wildman–Crippen MR) is 69.0 cm³/mol. The van der Waals surface area contributed by atoms with Crippen LogP contribution in [0.3, 0.4) is 0 Å². The first-order valence-electron chi connectivity index (χ1n) is 4.90. The summed E-state index contributed by atoms with van der Waals surface area (Å²) in [6, 6.07) is 0. The van der Waals surface area contributed by atoms with Crippen LogP contribution >= 0.6 is 34.9 Å². The van der Waals surface area contributed by atoms with Crippen molar-refractivity contribution in [2.24, 2.45) is 0 Å². The lowest BCUT2D eigenvalue weighted by Gasteiger charge is -2.01. The van der Waals surface area contributed by atoms with Gasteiger partial charge in [-0.2, -0.15) is 0 Å². The van der Waals surface area contributed by atoms with Gasteiger partial charge in [-0.1, -0.05) is 13.8 Å². The monoisotopic (exact) mass is 264 g/mol. The summed E-state index contributed by atoms with van der Waals surface area (Å²) in [6.07, 6.45) is 0. The zero-order valence-corrected chi connectivity index (χ0v) is 11.4. The summed E-state index contributed by atoms with van der Waals surface area (Å²) < 4.78 is 2.31. The fourth-order valence-corrected chi connectivity index (χ4v) is 5.14. The quantitative estimate of drug-likeness (QED) is 0.775. The van der Waals surface area contributed by atoms with E-state index in [0.29, 0.717) is 0 Å². The highest BCUT2D eigenvalue weighted by Gasteiger charge is 2.16. The number of hydrogen-bond acceptors (Lipinski definition) is 5. The van der Waals surface area contributed by atoms with E-state index in [4.69, 9.17) is 0 Å². The van der Waals surface area contributed by atoms with E-state index in [9.17, 15) is 10.2 Å². The molecule has 0 radical (unpaired) electrons. The molecule has 0 spiro atoms. The van der Waals surface area contributed by atoms with Gasteiger partial charge in [-0.25, -0.2) is 0 Å². The molecule has 0 aliphatic heterocycles. The molecule has 2 nitrogen and oxygen atoms in total. The summed E-state index contributed by atoms with van der Waals surface area (Å²) in [5, 5.41) is 18.6. The molecule has 0 amide bonds. The topological polar surface area (TPSA) is 40.5 Å². The first-order chi connectivity index (χ1) is 7.28. The van der Waals surface area contributed by atoms with Crippen LogP contribution < -0.4 is 0 Å². The highest BCUT2D eigenvalue weighted by molar-refractivity contribution is 8.03. The van der Waals surface area contributed by atoms with Gasteiger partial charge in [-0.3, -0.25) is 0 Å². The SMILES string of the molecule is CCSc1sc(SCC)c(CO)c1CO. The fraction of sp³-hybridized carbons (Fsp3) is 0.600. The van der Waals surface area contributed by atoms with Crippen LogP contribution in [0.4, 0.5) is 0 Å². The van der Waals surface area contributed by atoms with Crippen molar-refractivity contribution in [2.75, 3.05) is 11.5 Å². The van der Waals surface area contributed by atoms with Crippen LogP contribution in [-0.2, 0) is 13.2 Å². The molecule has 0 aromatic carbocycles. The van der Waals surface area contributed by atoms with Crippen molar-refractivity contribution in [1.29, 1.82) is 0 Å². The standard InChI is InChI=1S/C10H16O2S3/c1-3-13-9-7(5-11)8(6-12)10(15-9)14-4-2/h11-12H,3-6H2,1-2H3. The van der Waals surface area contributed by atoms with Crippen molar-refractivity contribution in [3.8, 4) is 0 Å². The van der Waals surface area contributed by atoms with Gasteiger partial charge in [-0.05, 0) is 11.5 Å². The maximum atomic E-state index is 9.31. The number of aliphatic hydroxyl groups is 2. The van der Waals surface area contributed by atoms with Crippen molar-refractivity contribution < 1.29 is 10.2 Å². The van der Waals surface area contributed by atoms with Crippen LogP contribution in [0.25, 0.3) is 0 Å². The summed E-state index contributed by atoms with van der Waals surface area (Å²) in [4.78, 5) is 0. The van der Waals surface area contributed by atoms with E-state index in [1.165, 1.54) is 0 Å². The van der Waals surface area contributed by atoms with Crippen molar-refractivity contribution in [2.45, 2.75) is 35.5 Å². The van der Waals surface area contributed by atoms with E-state index in [-0.39, 0.29) is 13.2 Å². The number of thiophene rings is 1. The van der Waals surface area contributed by atoms with E-state index in [0.717, 1.165) is 31.1 Å². The molecule has 5 heteroatoms. The van der Waals surface area contributed by atoms with Crippen LogP contribution in [0.1, 0.15) is 25.0 Å². The van der Waals surface area contributed by atoms with E-state index < -0.39 is 0 Å². The molecule has 1 aromatic rings. The van der Waals surface area contributed by atoms with Gasteiger partial charge >= 0.3 is 0 Å². The highest BCUT2D eigenvalue weighted by Crippen LogP contribution is 2.41. The Morgan fingerprint density at radius 3 is 1.60 bits per heavy atom. The normalized spacial score (nSPS) is 10.9. The smallest absolute Gasteiger partial charge is 0.0705 e. The molecule has 0 saturated heterocycles. The van der Waals surface area contributed by atoms with Gasteiger partial charge in [-0.15, -0.1) is 34.9 Å². The molecule has 0 unspecified atom stereocenters. The molecule has 0 saturated carbocycles. The molecule has 2 N–H and O–H groups in total. The van der Waals surface area contributed by atoms with E-state index in [1.54, 1.807) is 34.9 Å². The van der Waals surface area contributed by atoms with E-state index >= 15 is 0 Å². The zero-order valence-electron chi connectivity index (χ0n) is 8.95. The molecular weight excluding hydrogens is 248 g/mol. The largest absolute Gasteiger partial charge is 0.392 e. The lowest BCUT2D eigenvalue weighted by Crippen LogP contribution is -1.91. The molecular formula is C10H16O2S3. The Kier molecular flexibility index (Phi) is 6.07. The second-order valence-electron chi connectivity index (χ2n) is 2.82. The summed E-state index contributed by atoms with van der Waals surface area (Å²) in [5.74, 6) is 1.99. The average molecular weight is 264 g/mol. The van der Waals surface area contributed by atoms with Crippen LogP contribution in [-0.4, -0.2) is 21.7 Å². The summed E-state index contributed by atoms with van der Waals surface area (Å²) in [6.45, 7) is 4.24. The van der Waals surface area contributed by atoms with E-state index in [2.05, 4.69) is 13.8 Å². The third-order valence-electron chi connectivity index (χ3n) is 1.91. The molecule has 1 aromatic heterocycles. The zero-order chi connectivity index (χ0) is 11.3. The molecule has 1 heterocycles. The van der Waals surface area contributed by atoms with Gasteiger partial charge in [0, 0.05) is 11.1 Å². The first-order valence-corrected chi connectivity index (χ1v) is 7.69. The number of hydrogen-bond donors (Lipinski definition) is 2. The van der Waals surface area contributed by atoms with Crippen molar-refractivity contribution in [3.63, 3.8) is 0 Å². The van der Waals surface area contributed by atoms with Crippen LogP contribution in [0, 0.1) is 0 Å². The summed E-state index contributed by atoms with van der Waals surface area (Å²) in [5.41, 5.74) is 1.84. The van der Waals surface area contributed by atoms with Crippen LogP contribution in [0.2, 0.25) is 0 Å². The lowest BCUT2D eigenvalue weighted by atomic mass is 10.2. The number of rotatable bonds is 6. The molecule has 0 fully saturated rings. The minimum atomic E-state index is 0.0268. The second kappa shape index (κ2) is 6.81. The molecule has 0 aliphatic carbocycles. The van der Waals surface area contributed by atoms with Gasteiger partial charge in [0.05, 0.1) is 21.6 Å². The molecule has 15 heavy (non-hydrogen) atoms. The minimum Gasteiger partial charge on any atom is -0.392 e. The Morgan fingerprint density at radius 1 is 0.933 bits per heavy atom. The lowest BCUT2D eigenvalue weighted by molar-refractivity contribution is 0.257. The van der Waals surface area contributed by atoms with Gasteiger partial charge in [0.15, 0.2) is 0 Å². The van der Waals surface area contributed by atoms with Crippen molar-refractivity contribution >= 4 is 34.9 Å². The average Bonchev–Trinajstić information content (AvgIpc) is 2.56. The van der Waals surface area contributed by atoms with Gasteiger partial charge in [0.2, 0.25) is 0 Å². The number of thioether (sulfide) groups is 2.